The first kappa shape index (κ1) is 18.1. The smallest absolute Gasteiger partial charge is 0.266 e. The monoisotopic (exact) mass is 336 g/mol. The predicted molar refractivity (Wildman–Crippen MR) is 97.7 cm³/mol. The van der Waals surface area contributed by atoms with Gasteiger partial charge in [-0.15, -0.1) is 0 Å². The van der Waals surface area contributed by atoms with E-state index in [0.717, 1.165) is 22.4 Å². The summed E-state index contributed by atoms with van der Waals surface area (Å²) < 4.78 is 10.5. The van der Waals surface area contributed by atoms with E-state index in [1.165, 1.54) is 7.11 Å². The number of ether oxygens (including phenoxy) is 2. The highest BCUT2D eigenvalue weighted by Gasteiger charge is 2.13. The fourth-order valence-corrected chi connectivity index (χ4v) is 2.42. The van der Waals surface area contributed by atoms with E-state index < -0.39 is 5.91 Å². The van der Waals surface area contributed by atoms with Crippen molar-refractivity contribution in [1.29, 1.82) is 5.26 Å². The molecule has 0 spiro atoms. The molecular formula is C20H20N2O3. The highest BCUT2D eigenvalue weighted by molar-refractivity contribution is 6.10. The normalized spacial score (nSPS) is 10.8. The molecule has 0 aliphatic heterocycles. The van der Waals surface area contributed by atoms with Gasteiger partial charge in [-0.1, -0.05) is 12.1 Å². The number of aryl methyl sites for hydroxylation is 2. The van der Waals surface area contributed by atoms with E-state index in [4.69, 9.17) is 9.47 Å². The van der Waals surface area contributed by atoms with Crippen molar-refractivity contribution in [1.82, 2.24) is 0 Å². The molecule has 0 saturated heterocycles. The third kappa shape index (κ3) is 4.39. The van der Waals surface area contributed by atoms with E-state index in [1.54, 1.807) is 37.5 Å². The number of nitriles is 1. The summed E-state index contributed by atoms with van der Waals surface area (Å²) in [5.41, 5.74) is 3.19. The maximum Gasteiger partial charge on any atom is 0.266 e. The van der Waals surface area contributed by atoms with Crippen molar-refractivity contribution < 1.29 is 14.3 Å². The molecule has 0 aromatic heterocycles. The van der Waals surface area contributed by atoms with Crippen LogP contribution >= 0.6 is 0 Å². The van der Waals surface area contributed by atoms with Crippen LogP contribution in [-0.4, -0.2) is 20.1 Å². The molecule has 5 nitrogen and oxygen atoms in total. The Kier molecular flexibility index (Phi) is 5.80. The Morgan fingerprint density at radius 2 is 1.76 bits per heavy atom. The van der Waals surface area contributed by atoms with Crippen LogP contribution in [0.1, 0.15) is 16.7 Å². The summed E-state index contributed by atoms with van der Waals surface area (Å²) in [6.07, 6.45) is 1.55. The van der Waals surface area contributed by atoms with E-state index in [-0.39, 0.29) is 5.57 Å². The van der Waals surface area contributed by atoms with Crippen molar-refractivity contribution in [3.8, 4) is 17.6 Å². The Morgan fingerprint density at radius 1 is 1.08 bits per heavy atom. The highest BCUT2D eigenvalue weighted by atomic mass is 16.5. The second-order valence-corrected chi connectivity index (χ2v) is 5.56. The van der Waals surface area contributed by atoms with Gasteiger partial charge in [0.15, 0.2) is 0 Å². The zero-order valence-corrected chi connectivity index (χ0v) is 14.7. The third-order valence-corrected chi connectivity index (χ3v) is 3.70. The van der Waals surface area contributed by atoms with Crippen LogP contribution in [0.5, 0.6) is 11.5 Å². The SMILES string of the molecule is COc1ccc(/C=C(\C#N)C(=O)Nc2cc(C)ccc2OC)cc1C. The van der Waals surface area contributed by atoms with Gasteiger partial charge in [0, 0.05) is 0 Å². The van der Waals surface area contributed by atoms with E-state index in [2.05, 4.69) is 5.32 Å². The van der Waals surface area contributed by atoms with Crippen molar-refractivity contribution in [2.24, 2.45) is 0 Å². The molecule has 2 aromatic rings. The predicted octanol–water partition coefficient (Wildman–Crippen LogP) is 3.87. The lowest BCUT2D eigenvalue weighted by Gasteiger charge is -2.11. The first-order valence-corrected chi connectivity index (χ1v) is 7.71. The standard InChI is InChI=1S/C20H20N2O3/c1-13-5-7-19(25-4)17(9-13)22-20(23)16(12-21)11-15-6-8-18(24-3)14(2)10-15/h5-11H,1-4H3,(H,22,23)/b16-11+. The molecule has 2 rings (SSSR count). The lowest BCUT2D eigenvalue weighted by Crippen LogP contribution is -2.14. The number of carbonyl (C=O) groups excluding carboxylic acids is 1. The topological polar surface area (TPSA) is 71.3 Å². The number of carbonyl (C=O) groups is 1. The van der Waals surface area contributed by atoms with Crippen molar-refractivity contribution in [2.75, 3.05) is 19.5 Å². The second kappa shape index (κ2) is 8.02. The molecule has 0 atom stereocenters. The van der Waals surface area contributed by atoms with Gasteiger partial charge in [-0.2, -0.15) is 5.26 Å². The molecular weight excluding hydrogens is 316 g/mol. The van der Waals surface area contributed by atoms with Gasteiger partial charge in [-0.3, -0.25) is 4.79 Å². The Labute approximate surface area is 147 Å². The van der Waals surface area contributed by atoms with Crippen LogP contribution in [0.3, 0.4) is 0 Å². The van der Waals surface area contributed by atoms with Gasteiger partial charge >= 0.3 is 0 Å². The lowest BCUT2D eigenvalue weighted by molar-refractivity contribution is -0.112. The van der Waals surface area contributed by atoms with Gasteiger partial charge in [0.2, 0.25) is 0 Å². The molecule has 2 aromatic carbocycles. The zero-order valence-electron chi connectivity index (χ0n) is 14.7. The molecule has 0 saturated carbocycles. The fraction of sp³-hybridized carbons (Fsp3) is 0.200. The van der Waals surface area contributed by atoms with Crippen molar-refractivity contribution in [2.45, 2.75) is 13.8 Å². The number of methoxy groups -OCH3 is 2. The average molecular weight is 336 g/mol. The van der Waals surface area contributed by atoms with E-state index in [1.807, 2.05) is 32.0 Å². The Morgan fingerprint density at radius 3 is 2.36 bits per heavy atom. The summed E-state index contributed by atoms with van der Waals surface area (Å²) in [5, 5.41) is 12.1. The summed E-state index contributed by atoms with van der Waals surface area (Å²) in [4.78, 5) is 12.5. The number of amides is 1. The molecule has 0 heterocycles. The third-order valence-electron chi connectivity index (χ3n) is 3.70. The summed E-state index contributed by atoms with van der Waals surface area (Å²) in [7, 11) is 3.13. The summed E-state index contributed by atoms with van der Waals surface area (Å²) in [6, 6.07) is 12.9. The molecule has 25 heavy (non-hydrogen) atoms. The highest BCUT2D eigenvalue weighted by Crippen LogP contribution is 2.26. The molecule has 0 bridgehead atoms. The number of hydrogen-bond acceptors (Lipinski definition) is 4. The average Bonchev–Trinajstić information content (AvgIpc) is 2.60. The fourth-order valence-electron chi connectivity index (χ4n) is 2.42. The number of benzene rings is 2. The Balaban J connectivity index is 2.29. The van der Waals surface area contributed by atoms with E-state index in [0.29, 0.717) is 11.4 Å². The molecule has 0 fully saturated rings. The van der Waals surface area contributed by atoms with Gasteiger partial charge in [-0.25, -0.2) is 0 Å². The number of anilines is 1. The van der Waals surface area contributed by atoms with Gasteiger partial charge in [-0.05, 0) is 60.9 Å². The van der Waals surface area contributed by atoms with Crippen LogP contribution in [0, 0.1) is 25.2 Å². The van der Waals surface area contributed by atoms with E-state index >= 15 is 0 Å². The molecule has 0 radical (unpaired) electrons. The minimum atomic E-state index is -0.486. The van der Waals surface area contributed by atoms with Crippen LogP contribution in [0.15, 0.2) is 42.0 Å². The van der Waals surface area contributed by atoms with Crippen LogP contribution < -0.4 is 14.8 Å². The number of hydrogen-bond donors (Lipinski definition) is 1. The van der Waals surface area contributed by atoms with Gasteiger partial charge < -0.3 is 14.8 Å². The van der Waals surface area contributed by atoms with E-state index in [9.17, 15) is 10.1 Å². The Hall–Kier alpha value is -3.26. The van der Waals surface area contributed by atoms with Crippen molar-refractivity contribution in [3.05, 3.63) is 58.7 Å². The summed E-state index contributed by atoms with van der Waals surface area (Å²) in [5.74, 6) is 0.806. The number of rotatable bonds is 5. The van der Waals surface area contributed by atoms with Crippen LogP contribution in [0.25, 0.3) is 6.08 Å². The molecule has 1 amide bonds. The van der Waals surface area contributed by atoms with Crippen molar-refractivity contribution in [3.63, 3.8) is 0 Å². The largest absolute Gasteiger partial charge is 0.496 e. The maximum atomic E-state index is 12.5. The maximum absolute atomic E-state index is 12.5. The second-order valence-electron chi connectivity index (χ2n) is 5.56. The molecule has 0 aliphatic carbocycles. The minimum Gasteiger partial charge on any atom is -0.496 e. The minimum absolute atomic E-state index is 0.00752. The molecule has 0 aliphatic rings. The Bertz CT molecular complexity index is 864. The molecule has 128 valence electrons. The molecule has 1 N–H and O–H groups in total. The van der Waals surface area contributed by atoms with Gasteiger partial charge in [0.1, 0.15) is 23.1 Å². The molecule has 5 heteroatoms. The first-order valence-electron chi connectivity index (χ1n) is 7.71. The van der Waals surface area contributed by atoms with Crippen LogP contribution in [0.2, 0.25) is 0 Å². The quantitative estimate of drug-likeness (QED) is 0.665. The number of nitrogens with zero attached hydrogens (tertiary/aromatic N) is 1. The molecule has 0 unspecified atom stereocenters. The van der Waals surface area contributed by atoms with Crippen molar-refractivity contribution >= 4 is 17.7 Å². The van der Waals surface area contributed by atoms with Crippen LogP contribution in [0.4, 0.5) is 5.69 Å². The zero-order chi connectivity index (χ0) is 18.4. The summed E-state index contributed by atoms with van der Waals surface area (Å²) in [6.45, 7) is 3.82. The number of nitrogens with one attached hydrogen (secondary N) is 1. The van der Waals surface area contributed by atoms with Gasteiger partial charge in [0.25, 0.3) is 5.91 Å². The van der Waals surface area contributed by atoms with Crippen LogP contribution in [-0.2, 0) is 4.79 Å². The lowest BCUT2D eigenvalue weighted by atomic mass is 10.1. The van der Waals surface area contributed by atoms with Gasteiger partial charge in [0.05, 0.1) is 19.9 Å². The summed E-state index contributed by atoms with van der Waals surface area (Å²) >= 11 is 0. The first-order chi connectivity index (χ1) is 12.0.